The van der Waals surface area contributed by atoms with E-state index < -0.39 is 0 Å². The Morgan fingerprint density at radius 1 is 1.38 bits per heavy atom. The van der Waals surface area contributed by atoms with Gasteiger partial charge in [0.25, 0.3) is 0 Å². The second-order valence-corrected chi connectivity index (χ2v) is 4.45. The molecule has 16 heavy (non-hydrogen) atoms. The predicted octanol–water partition coefficient (Wildman–Crippen LogP) is 1.98. The van der Waals surface area contributed by atoms with Crippen LogP contribution in [0.4, 0.5) is 5.69 Å². The number of nitrogen functional groups attached to an aromatic ring is 1. The van der Waals surface area contributed by atoms with Gasteiger partial charge >= 0.3 is 0 Å². The molecule has 0 atom stereocenters. The number of carbonyl (C=O) groups is 1. The molecule has 0 aromatic heterocycles. The molecule has 0 saturated heterocycles. The number of thioether (sulfide) groups is 1. The second kappa shape index (κ2) is 6.43. The number of benzene rings is 1. The average Bonchev–Trinajstić information content (AvgIpc) is 2.28. The van der Waals surface area contributed by atoms with Crippen LogP contribution in [0.3, 0.4) is 0 Å². The van der Waals surface area contributed by atoms with Gasteiger partial charge in [-0.3, -0.25) is 4.79 Å². The van der Waals surface area contributed by atoms with Gasteiger partial charge in [-0.05, 0) is 30.9 Å². The fraction of sp³-hybridized carbons (Fsp3) is 0.417. The van der Waals surface area contributed by atoms with Crippen LogP contribution in [0.2, 0.25) is 0 Å². The maximum Gasteiger partial charge on any atom is 0.232 e. The van der Waals surface area contributed by atoms with Crippen LogP contribution in [0.1, 0.15) is 12.5 Å². The van der Waals surface area contributed by atoms with E-state index in [1.807, 2.05) is 42.3 Å². The number of rotatable bonds is 5. The maximum atomic E-state index is 11.7. The fourth-order valence-corrected chi connectivity index (χ4v) is 1.86. The van der Waals surface area contributed by atoms with E-state index in [9.17, 15) is 4.79 Å². The van der Waals surface area contributed by atoms with Crippen molar-refractivity contribution in [2.45, 2.75) is 13.5 Å². The zero-order valence-corrected chi connectivity index (χ0v) is 10.6. The van der Waals surface area contributed by atoms with E-state index in [-0.39, 0.29) is 5.91 Å². The molecule has 88 valence electrons. The molecule has 1 aromatic rings. The van der Waals surface area contributed by atoms with Gasteiger partial charge in [0, 0.05) is 18.8 Å². The van der Waals surface area contributed by atoms with Crippen molar-refractivity contribution in [1.29, 1.82) is 0 Å². The summed E-state index contributed by atoms with van der Waals surface area (Å²) in [6.45, 7) is 3.40. The van der Waals surface area contributed by atoms with Crippen LogP contribution in [0.5, 0.6) is 0 Å². The molecule has 1 aromatic carbocycles. The normalized spacial score (nSPS) is 10.1. The van der Waals surface area contributed by atoms with Gasteiger partial charge in [0.1, 0.15) is 0 Å². The minimum Gasteiger partial charge on any atom is -0.399 e. The molecular formula is C12H18N2OS. The highest BCUT2D eigenvalue weighted by molar-refractivity contribution is 7.99. The number of amides is 1. The Morgan fingerprint density at radius 3 is 2.50 bits per heavy atom. The first kappa shape index (κ1) is 12.9. The predicted molar refractivity (Wildman–Crippen MR) is 70.3 cm³/mol. The van der Waals surface area contributed by atoms with Crippen LogP contribution < -0.4 is 5.73 Å². The molecule has 0 aliphatic heterocycles. The number of carbonyl (C=O) groups excluding carboxylic acids is 1. The number of hydrogen-bond donors (Lipinski definition) is 1. The first-order valence-corrected chi connectivity index (χ1v) is 6.68. The van der Waals surface area contributed by atoms with Crippen LogP contribution in [-0.4, -0.2) is 29.4 Å². The van der Waals surface area contributed by atoms with E-state index in [0.717, 1.165) is 17.8 Å². The number of nitrogens with zero attached hydrogens (tertiary/aromatic N) is 1. The first-order valence-electron chi connectivity index (χ1n) is 5.28. The topological polar surface area (TPSA) is 46.3 Å². The van der Waals surface area contributed by atoms with Crippen molar-refractivity contribution in [3.05, 3.63) is 29.8 Å². The van der Waals surface area contributed by atoms with E-state index in [1.54, 1.807) is 11.8 Å². The SMILES string of the molecule is CCN(Cc1ccc(N)cc1)C(=O)CSC. The van der Waals surface area contributed by atoms with Gasteiger partial charge in [-0.25, -0.2) is 0 Å². The number of anilines is 1. The van der Waals surface area contributed by atoms with E-state index >= 15 is 0 Å². The summed E-state index contributed by atoms with van der Waals surface area (Å²) in [7, 11) is 0. The molecule has 1 amide bonds. The molecule has 0 radical (unpaired) electrons. The lowest BCUT2D eigenvalue weighted by Gasteiger charge is -2.20. The summed E-state index contributed by atoms with van der Waals surface area (Å²) in [6.07, 6.45) is 1.94. The van der Waals surface area contributed by atoms with Crippen molar-refractivity contribution in [3.8, 4) is 0 Å². The van der Waals surface area contributed by atoms with Gasteiger partial charge < -0.3 is 10.6 Å². The summed E-state index contributed by atoms with van der Waals surface area (Å²) in [5.41, 5.74) is 7.48. The zero-order chi connectivity index (χ0) is 12.0. The molecule has 1 rings (SSSR count). The third kappa shape index (κ3) is 3.77. The third-order valence-electron chi connectivity index (χ3n) is 2.36. The van der Waals surface area contributed by atoms with Gasteiger partial charge in [-0.15, -0.1) is 0 Å². The maximum absolute atomic E-state index is 11.7. The zero-order valence-electron chi connectivity index (χ0n) is 9.77. The Kier molecular flexibility index (Phi) is 5.19. The number of hydrogen-bond acceptors (Lipinski definition) is 3. The lowest BCUT2D eigenvalue weighted by molar-refractivity contribution is -0.128. The minimum absolute atomic E-state index is 0.187. The highest BCUT2D eigenvalue weighted by Crippen LogP contribution is 2.09. The lowest BCUT2D eigenvalue weighted by Crippen LogP contribution is -2.31. The van der Waals surface area contributed by atoms with Crippen LogP contribution in [-0.2, 0) is 11.3 Å². The van der Waals surface area contributed by atoms with Gasteiger partial charge in [0.05, 0.1) is 5.75 Å². The molecule has 0 fully saturated rings. The van der Waals surface area contributed by atoms with Gasteiger partial charge in [0.2, 0.25) is 5.91 Å². The summed E-state index contributed by atoms with van der Waals surface area (Å²) in [6, 6.07) is 7.65. The summed E-state index contributed by atoms with van der Waals surface area (Å²) in [5.74, 6) is 0.731. The highest BCUT2D eigenvalue weighted by Gasteiger charge is 2.10. The molecule has 0 heterocycles. The standard InChI is InChI=1S/C12H18N2OS/c1-3-14(12(15)9-16-2)8-10-4-6-11(13)7-5-10/h4-7H,3,8-9,13H2,1-2H3. The molecule has 0 aliphatic carbocycles. The highest BCUT2D eigenvalue weighted by atomic mass is 32.2. The van der Waals surface area contributed by atoms with Crippen LogP contribution >= 0.6 is 11.8 Å². The van der Waals surface area contributed by atoms with E-state index in [0.29, 0.717) is 12.3 Å². The Bertz CT molecular complexity index is 337. The summed E-state index contributed by atoms with van der Waals surface area (Å²) in [5, 5.41) is 0. The fourth-order valence-electron chi connectivity index (χ4n) is 1.43. The van der Waals surface area contributed by atoms with Crippen LogP contribution in [0.15, 0.2) is 24.3 Å². The molecule has 0 bridgehead atoms. The van der Waals surface area contributed by atoms with E-state index in [1.165, 1.54) is 0 Å². The summed E-state index contributed by atoms with van der Waals surface area (Å²) in [4.78, 5) is 13.6. The van der Waals surface area contributed by atoms with Crippen molar-refractivity contribution < 1.29 is 4.79 Å². The van der Waals surface area contributed by atoms with E-state index in [2.05, 4.69) is 0 Å². The molecular weight excluding hydrogens is 220 g/mol. The third-order valence-corrected chi connectivity index (χ3v) is 2.89. The van der Waals surface area contributed by atoms with E-state index in [4.69, 9.17) is 5.73 Å². The Balaban J connectivity index is 2.62. The molecule has 0 aliphatic rings. The lowest BCUT2D eigenvalue weighted by atomic mass is 10.2. The summed E-state index contributed by atoms with van der Waals surface area (Å²) < 4.78 is 0. The Hall–Kier alpha value is -1.16. The average molecular weight is 238 g/mol. The molecule has 0 saturated carbocycles. The van der Waals surface area contributed by atoms with Crippen molar-refractivity contribution in [3.63, 3.8) is 0 Å². The van der Waals surface area contributed by atoms with Crippen molar-refractivity contribution in [2.75, 3.05) is 24.3 Å². The first-order chi connectivity index (χ1) is 7.67. The number of nitrogens with two attached hydrogens (primary N) is 1. The van der Waals surface area contributed by atoms with Crippen molar-refractivity contribution in [2.24, 2.45) is 0 Å². The van der Waals surface area contributed by atoms with Crippen molar-refractivity contribution in [1.82, 2.24) is 4.90 Å². The molecule has 0 unspecified atom stereocenters. The molecule has 4 heteroatoms. The second-order valence-electron chi connectivity index (χ2n) is 3.58. The van der Waals surface area contributed by atoms with Gasteiger partial charge in [0.15, 0.2) is 0 Å². The Labute approximate surface area is 101 Å². The quantitative estimate of drug-likeness (QED) is 0.798. The molecule has 2 N–H and O–H groups in total. The van der Waals surface area contributed by atoms with Gasteiger partial charge in [-0.2, -0.15) is 11.8 Å². The van der Waals surface area contributed by atoms with Crippen LogP contribution in [0.25, 0.3) is 0 Å². The molecule has 0 spiro atoms. The molecule has 3 nitrogen and oxygen atoms in total. The minimum atomic E-state index is 0.187. The van der Waals surface area contributed by atoms with Crippen LogP contribution in [0, 0.1) is 0 Å². The van der Waals surface area contributed by atoms with Crippen molar-refractivity contribution >= 4 is 23.4 Å². The largest absolute Gasteiger partial charge is 0.399 e. The van der Waals surface area contributed by atoms with Gasteiger partial charge in [-0.1, -0.05) is 12.1 Å². The summed E-state index contributed by atoms with van der Waals surface area (Å²) >= 11 is 1.56. The monoisotopic (exact) mass is 238 g/mol. The smallest absolute Gasteiger partial charge is 0.232 e. The Morgan fingerprint density at radius 2 is 2.00 bits per heavy atom.